The maximum absolute atomic E-state index is 13.4. The van der Waals surface area contributed by atoms with Gasteiger partial charge in [-0.05, 0) is 43.9 Å². The predicted octanol–water partition coefficient (Wildman–Crippen LogP) is 2.43. The summed E-state index contributed by atoms with van der Waals surface area (Å²) in [5.41, 5.74) is 6.51. The highest BCUT2D eigenvalue weighted by Crippen LogP contribution is 2.43. The number of nitrogens with one attached hydrogen (secondary N) is 2. The van der Waals surface area contributed by atoms with Crippen molar-refractivity contribution in [2.45, 2.75) is 49.7 Å². The fraction of sp³-hybridized carbons (Fsp3) is 0.478. The number of ether oxygens (including phenoxy) is 1. The largest absolute Gasteiger partial charge is 0.462 e. The Morgan fingerprint density at radius 1 is 1.31 bits per heavy atom. The number of H-pyrrole nitrogens is 1. The van der Waals surface area contributed by atoms with E-state index >= 15 is 0 Å². The van der Waals surface area contributed by atoms with Crippen LogP contribution < -0.4 is 11.1 Å². The second-order valence-corrected chi connectivity index (χ2v) is 9.98. The molecule has 35 heavy (non-hydrogen) atoms. The van der Waals surface area contributed by atoms with Crippen molar-refractivity contribution in [3.63, 3.8) is 0 Å². The highest BCUT2D eigenvalue weighted by molar-refractivity contribution is 6.31. The molecule has 2 aliphatic carbocycles. The van der Waals surface area contributed by atoms with Gasteiger partial charge in [-0.2, -0.15) is 5.10 Å². The lowest BCUT2D eigenvalue weighted by Gasteiger charge is -2.30. The number of aromatic nitrogens is 2. The molecule has 12 heteroatoms. The van der Waals surface area contributed by atoms with Crippen molar-refractivity contribution in [3.05, 3.63) is 46.0 Å². The van der Waals surface area contributed by atoms with Gasteiger partial charge in [-0.15, -0.1) is 0 Å². The van der Waals surface area contributed by atoms with Crippen molar-refractivity contribution < 1.29 is 23.5 Å². The quantitative estimate of drug-likeness (QED) is 0.517. The average Bonchev–Trinajstić information content (AvgIpc) is 3.76. The van der Waals surface area contributed by atoms with Crippen LogP contribution in [0.15, 0.2) is 18.2 Å². The van der Waals surface area contributed by atoms with Crippen molar-refractivity contribution >= 4 is 35.2 Å². The van der Waals surface area contributed by atoms with Gasteiger partial charge in [0.05, 0.1) is 22.8 Å². The number of carbonyl (C=O) groups excluding carboxylic acids is 3. The minimum atomic E-state index is -0.871. The van der Waals surface area contributed by atoms with E-state index in [4.69, 9.17) is 22.1 Å². The number of rotatable bonds is 6. The first-order valence-electron chi connectivity index (χ1n) is 11.4. The van der Waals surface area contributed by atoms with Crippen LogP contribution in [0.25, 0.3) is 0 Å². The van der Waals surface area contributed by atoms with Gasteiger partial charge >= 0.3 is 12.0 Å². The van der Waals surface area contributed by atoms with Crippen LogP contribution in [0, 0.1) is 5.82 Å². The number of hydrogen-bond acceptors (Lipinski definition) is 6. The van der Waals surface area contributed by atoms with E-state index in [1.165, 1.54) is 18.2 Å². The molecule has 2 heterocycles. The molecule has 2 saturated carbocycles. The van der Waals surface area contributed by atoms with Crippen LogP contribution in [0.3, 0.4) is 0 Å². The van der Waals surface area contributed by atoms with E-state index in [0.717, 1.165) is 5.69 Å². The van der Waals surface area contributed by atoms with Gasteiger partial charge in [0, 0.05) is 31.3 Å². The molecular weight excluding hydrogens is 479 g/mol. The molecular formula is C23H26ClFN6O4. The molecule has 2 fully saturated rings. The summed E-state index contributed by atoms with van der Waals surface area (Å²) in [6, 6.07) is 3.54. The van der Waals surface area contributed by atoms with E-state index in [-0.39, 0.29) is 24.1 Å². The van der Waals surface area contributed by atoms with E-state index in [2.05, 4.69) is 15.5 Å². The number of nitrogens with zero attached hydrogens (tertiary/aromatic N) is 3. The molecule has 0 atom stereocenters. The molecule has 3 amide bonds. The molecule has 0 saturated heterocycles. The lowest BCUT2D eigenvalue weighted by atomic mass is 10.0. The van der Waals surface area contributed by atoms with E-state index in [9.17, 15) is 18.8 Å². The van der Waals surface area contributed by atoms with Gasteiger partial charge in [0.2, 0.25) is 0 Å². The summed E-state index contributed by atoms with van der Waals surface area (Å²) in [6.45, 7) is 0.681. The molecule has 2 aromatic rings. The van der Waals surface area contributed by atoms with Crippen molar-refractivity contribution in [3.8, 4) is 0 Å². The monoisotopic (exact) mass is 504 g/mol. The Morgan fingerprint density at radius 3 is 2.71 bits per heavy atom. The zero-order valence-corrected chi connectivity index (χ0v) is 20.0. The summed E-state index contributed by atoms with van der Waals surface area (Å²) in [5.74, 6) is -1.28. The number of benzene rings is 1. The van der Waals surface area contributed by atoms with Crippen molar-refractivity contribution in [2.24, 2.45) is 5.73 Å². The van der Waals surface area contributed by atoms with Gasteiger partial charge in [0.1, 0.15) is 23.7 Å². The Morgan fingerprint density at radius 2 is 2.06 bits per heavy atom. The van der Waals surface area contributed by atoms with Gasteiger partial charge < -0.3 is 25.6 Å². The van der Waals surface area contributed by atoms with Gasteiger partial charge in [-0.1, -0.05) is 11.6 Å². The molecule has 4 N–H and O–H groups in total. The minimum Gasteiger partial charge on any atom is -0.462 e. The lowest BCUT2D eigenvalue weighted by Crippen LogP contribution is -2.45. The number of amides is 3. The summed E-state index contributed by atoms with van der Waals surface area (Å²) in [6.07, 6.45) is 3.14. The third kappa shape index (κ3) is 4.45. The first-order chi connectivity index (χ1) is 16.6. The standard InChI is InChI=1S/C23H26ClFN6O4/c1-30(22(5-6-22)12-35-20(33)23(26)7-8-23)19(32)18-14-11-31(9-4-17(14)28-29-18)21(34)27-13-2-3-16(25)15(24)10-13/h2-3,10H,4-9,11-12,26H2,1H3,(H,27,34)(H,28,29). The summed E-state index contributed by atoms with van der Waals surface area (Å²) in [5, 5.41) is 9.73. The first-order valence-corrected chi connectivity index (χ1v) is 11.8. The zero-order chi connectivity index (χ0) is 25.0. The number of aromatic amines is 1. The van der Waals surface area contributed by atoms with E-state index in [0.29, 0.717) is 55.6 Å². The second-order valence-electron chi connectivity index (χ2n) is 9.58. The number of esters is 1. The molecule has 1 aliphatic heterocycles. The number of likely N-dealkylation sites (N-methyl/N-ethyl adjacent to an activating group) is 1. The predicted molar refractivity (Wildman–Crippen MR) is 124 cm³/mol. The number of anilines is 1. The van der Waals surface area contributed by atoms with Crippen LogP contribution in [0.2, 0.25) is 5.02 Å². The topological polar surface area (TPSA) is 134 Å². The Balaban J connectivity index is 1.25. The number of hydrogen-bond donors (Lipinski definition) is 3. The molecule has 186 valence electrons. The third-order valence-corrected chi connectivity index (χ3v) is 7.39. The van der Waals surface area contributed by atoms with Crippen LogP contribution in [0.4, 0.5) is 14.9 Å². The smallest absolute Gasteiger partial charge is 0.326 e. The maximum Gasteiger partial charge on any atom is 0.326 e. The molecule has 0 unspecified atom stereocenters. The van der Waals surface area contributed by atoms with Gasteiger partial charge in [-0.25, -0.2) is 9.18 Å². The normalized spacial score (nSPS) is 18.9. The first kappa shape index (κ1) is 23.6. The number of urea groups is 1. The Bertz CT molecular complexity index is 1210. The lowest BCUT2D eigenvalue weighted by molar-refractivity contribution is -0.148. The Hall–Kier alpha value is -3.18. The van der Waals surface area contributed by atoms with E-state index in [1.807, 2.05) is 0 Å². The molecule has 0 spiro atoms. The molecule has 1 aromatic carbocycles. The second kappa shape index (κ2) is 8.49. The van der Waals surface area contributed by atoms with E-state index in [1.54, 1.807) is 16.8 Å². The van der Waals surface area contributed by atoms with Crippen molar-refractivity contribution in [1.29, 1.82) is 0 Å². The highest BCUT2D eigenvalue weighted by atomic mass is 35.5. The SMILES string of the molecule is CN(C(=O)c1[nH]nc2c1CN(C(=O)Nc1ccc(F)c(Cl)c1)CC2)C1(COC(=O)C2(N)CC2)CC1. The summed E-state index contributed by atoms with van der Waals surface area (Å²) in [7, 11) is 1.68. The Labute approximate surface area is 205 Å². The van der Waals surface area contributed by atoms with Crippen LogP contribution in [-0.4, -0.2) is 69.2 Å². The highest BCUT2D eigenvalue weighted by Gasteiger charge is 2.53. The molecule has 10 nitrogen and oxygen atoms in total. The number of halogens is 2. The average molecular weight is 505 g/mol. The fourth-order valence-corrected chi connectivity index (χ4v) is 4.38. The minimum absolute atomic E-state index is 0.0899. The molecule has 1 aromatic heterocycles. The molecule has 0 bridgehead atoms. The fourth-order valence-electron chi connectivity index (χ4n) is 4.20. The maximum atomic E-state index is 13.4. The van der Waals surface area contributed by atoms with Crippen molar-refractivity contribution in [2.75, 3.05) is 25.5 Å². The number of carbonyl (C=O) groups is 3. The molecule has 0 radical (unpaired) electrons. The van der Waals surface area contributed by atoms with Gasteiger partial charge in [0.15, 0.2) is 0 Å². The third-order valence-electron chi connectivity index (χ3n) is 7.10. The number of fused-ring (bicyclic) bond motifs is 1. The van der Waals surface area contributed by atoms with E-state index < -0.39 is 28.9 Å². The van der Waals surface area contributed by atoms with Crippen LogP contribution in [0.1, 0.15) is 47.4 Å². The van der Waals surface area contributed by atoms with Crippen LogP contribution >= 0.6 is 11.6 Å². The number of nitrogens with two attached hydrogens (primary N) is 1. The zero-order valence-electron chi connectivity index (χ0n) is 19.2. The van der Waals surface area contributed by atoms with Gasteiger partial charge in [0.25, 0.3) is 5.91 Å². The summed E-state index contributed by atoms with van der Waals surface area (Å²) in [4.78, 5) is 41.5. The summed E-state index contributed by atoms with van der Waals surface area (Å²) >= 11 is 5.80. The van der Waals surface area contributed by atoms with Gasteiger partial charge in [-0.3, -0.25) is 14.7 Å². The van der Waals surface area contributed by atoms with Crippen LogP contribution in [-0.2, 0) is 22.5 Å². The molecule has 3 aliphatic rings. The van der Waals surface area contributed by atoms with Crippen molar-refractivity contribution in [1.82, 2.24) is 20.0 Å². The Kier molecular flexibility index (Phi) is 5.71. The van der Waals surface area contributed by atoms with Crippen LogP contribution in [0.5, 0.6) is 0 Å². The molecule has 5 rings (SSSR count). The summed E-state index contributed by atoms with van der Waals surface area (Å²) < 4.78 is 18.8.